The Labute approximate surface area is 145 Å². The molecule has 0 radical (unpaired) electrons. The van der Waals surface area contributed by atoms with E-state index in [1.807, 2.05) is 6.07 Å². The fourth-order valence-electron chi connectivity index (χ4n) is 3.35. The summed E-state index contributed by atoms with van der Waals surface area (Å²) in [5.74, 6) is 0.0448. The summed E-state index contributed by atoms with van der Waals surface area (Å²) >= 11 is 1.49. The maximum Gasteiger partial charge on any atom is 0.279 e. The van der Waals surface area contributed by atoms with Crippen LogP contribution in [0.3, 0.4) is 0 Å². The highest BCUT2D eigenvalue weighted by atomic mass is 32.2. The van der Waals surface area contributed by atoms with Crippen molar-refractivity contribution in [2.75, 3.05) is 11.5 Å². The Morgan fingerprint density at radius 1 is 1.29 bits per heavy atom. The van der Waals surface area contributed by atoms with E-state index < -0.39 is 9.84 Å². The van der Waals surface area contributed by atoms with E-state index >= 15 is 0 Å². The van der Waals surface area contributed by atoms with Crippen molar-refractivity contribution in [1.29, 1.82) is 0 Å². The second-order valence-corrected chi connectivity index (χ2v) is 10.2. The number of carbonyl (C=O) groups is 2. The summed E-state index contributed by atoms with van der Waals surface area (Å²) in [5, 5.41) is 0. The molecule has 1 aromatic heterocycles. The number of hydrogen-bond acceptors (Lipinski definition) is 5. The summed E-state index contributed by atoms with van der Waals surface area (Å²) in [6.07, 6.45) is 3.80. The van der Waals surface area contributed by atoms with E-state index in [0.29, 0.717) is 17.2 Å². The van der Waals surface area contributed by atoms with Gasteiger partial charge in [-0.15, -0.1) is 11.3 Å². The standard InChI is InChI=1S/C16H22N2O4S2/c1-10-2-3-13-12(6-10)8-14(23-13)16(20)18-17-15(19)7-11-4-5-24(21,22)9-11/h8,10-11H,2-7,9H2,1H3,(H,17,19)(H,18,20)/t10-,11-/m1/s1. The molecule has 8 heteroatoms. The lowest BCUT2D eigenvalue weighted by molar-refractivity contribution is -0.122. The first-order valence-corrected chi connectivity index (χ1v) is 10.9. The predicted octanol–water partition coefficient (Wildman–Crippen LogP) is 1.46. The van der Waals surface area contributed by atoms with Gasteiger partial charge in [0.05, 0.1) is 16.4 Å². The molecule has 6 nitrogen and oxygen atoms in total. The molecule has 3 rings (SSSR count). The van der Waals surface area contributed by atoms with Crippen molar-refractivity contribution in [3.05, 3.63) is 21.4 Å². The van der Waals surface area contributed by atoms with Crippen LogP contribution in [-0.2, 0) is 27.5 Å². The van der Waals surface area contributed by atoms with E-state index in [1.165, 1.54) is 21.8 Å². The van der Waals surface area contributed by atoms with Gasteiger partial charge < -0.3 is 0 Å². The van der Waals surface area contributed by atoms with Gasteiger partial charge in [-0.1, -0.05) is 6.92 Å². The summed E-state index contributed by atoms with van der Waals surface area (Å²) < 4.78 is 22.8. The lowest BCUT2D eigenvalue weighted by atomic mass is 9.90. The van der Waals surface area contributed by atoms with Gasteiger partial charge in [0.1, 0.15) is 0 Å². The molecular formula is C16H22N2O4S2. The minimum Gasteiger partial charge on any atom is -0.273 e. The summed E-state index contributed by atoms with van der Waals surface area (Å²) in [6, 6.07) is 1.92. The van der Waals surface area contributed by atoms with Gasteiger partial charge in [-0.3, -0.25) is 20.4 Å². The number of sulfone groups is 1. The number of aryl methyl sites for hydroxylation is 1. The molecule has 1 aliphatic heterocycles. The van der Waals surface area contributed by atoms with E-state index in [2.05, 4.69) is 17.8 Å². The minimum absolute atomic E-state index is 0.0597. The van der Waals surface area contributed by atoms with E-state index in [1.54, 1.807) is 0 Å². The van der Waals surface area contributed by atoms with Gasteiger partial charge in [-0.2, -0.15) is 0 Å². The van der Waals surface area contributed by atoms with Crippen LogP contribution >= 0.6 is 11.3 Å². The van der Waals surface area contributed by atoms with Gasteiger partial charge in [0.2, 0.25) is 5.91 Å². The highest BCUT2D eigenvalue weighted by Crippen LogP contribution is 2.32. The third kappa shape index (κ3) is 4.16. The van der Waals surface area contributed by atoms with Crippen molar-refractivity contribution >= 4 is 33.0 Å². The molecule has 0 bridgehead atoms. The van der Waals surface area contributed by atoms with E-state index in [9.17, 15) is 18.0 Å². The molecule has 1 saturated heterocycles. The van der Waals surface area contributed by atoms with Crippen molar-refractivity contribution in [1.82, 2.24) is 10.9 Å². The maximum atomic E-state index is 12.2. The Morgan fingerprint density at radius 2 is 2.08 bits per heavy atom. The number of nitrogens with one attached hydrogen (secondary N) is 2. The second-order valence-electron chi connectivity index (χ2n) is 6.88. The lowest BCUT2D eigenvalue weighted by Gasteiger charge is -2.16. The summed E-state index contributed by atoms with van der Waals surface area (Å²) in [7, 11) is -2.99. The van der Waals surface area contributed by atoms with Crippen LogP contribution in [0.25, 0.3) is 0 Å². The van der Waals surface area contributed by atoms with Crippen LogP contribution in [0.2, 0.25) is 0 Å². The average molecular weight is 370 g/mol. The second kappa shape index (κ2) is 6.84. The fourth-order valence-corrected chi connectivity index (χ4v) is 6.32. The molecule has 1 fully saturated rings. The van der Waals surface area contributed by atoms with Gasteiger partial charge in [0, 0.05) is 11.3 Å². The zero-order chi connectivity index (χ0) is 17.3. The summed E-state index contributed by atoms with van der Waals surface area (Å²) in [6.45, 7) is 2.21. The average Bonchev–Trinajstić information content (AvgIpc) is 3.07. The van der Waals surface area contributed by atoms with Crippen LogP contribution < -0.4 is 10.9 Å². The van der Waals surface area contributed by atoms with E-state index in [0.717, 1.165) is 19.3 Å². The van der Waals surface area contributed by atoms with Gasteiger partial charge in [-0.25, -0.2) is 8.42 Å². The number of fused-ring (bicyclic) bond motifs is 1. The smallest absolute Gasteiger partial charge is 0.273 e. The van der Waals surface area contributed by atoms with Gasteiger partial charge >= 0.3 is 0 Å². The van der Waals surface area contributed by atoms with Crippen molar-refractivity contribution in [3.8, 4) is 0 Å². The molecule has 1 aromatic rings. The Kier molecular flexibility index (Phi) is 4.96. The Balaban J connectivity index is 1.50. The third-order valence-corrected chi connectivity index (χ3v) is 7.74. The first kappa shape index (κ1) is 17.4. The van der Waals surface area contributed by atoms with Crippen LogP contribution in [0.5, 0.6) is 0 Å². The zero-order valence-corrected chi connectivity index (χ0v) is 15.3. The molecule has 132 valence electrons. The Morgan fingerprint density at radius 3 is 2.79 bits per heavy atom. The minimum atomic E-state index is -2.99. The third-order valence-electron chi connectivity index (χ3n) is 4.67. The summed E-state index contributed by atoms with van der Waals surface area (Å²) in [4.78, 5) is 25.9. The van der Waals surface area contributed by atoms with Crippen LogP contribution in [0.4, 0.5) is 0 Å². The van der Waals surface area contributed by atoms with Crippen LogP contribution in [0, 0.1) is 11.8 Å². The number of carbonyl (C=O) groups excluding carboxylic acids is 2. The molecule has 2 atom stereocenters. The van der Waals surface area contributed by atoms with Crippen LogP contribution in [0.1, 0.15) is 46.3 Å². The largest absolute Gasteiger partial charge is 0.279 e. The number of hydrogen-bond donors (Lipinski definition) is 2. The number of thiophene rings is 1. The molecule has 0 spiro atoms. The summed E-state index contributed by atoms with van der Waals surface area (Å²) in [5.41, 5.74) is 6.08. The van der Waals surface area contributed by atoms with Gasteiger partial charge in [0.15, 0.2) is 9.84 Å². The van der Waals surface area contributed by atoms with Gasteiger partial charge in [0.25, 0.3) is 5.91 Å². The van der Waals surface area contributed by atoms with Crippen LogP contribution in [-0.4, -0.2) is 31.7 Å². The lowest BCUT2D eigenvalue weighted by Crippen LogP contribution is -2.42. The highest BCUT2D eigenvalue weighted by Gasteiger charge is 2.29. The zero-order valence-electron chi connectivity index (χ0n) is 13.6. The van der Waals surface area contributed by atoms with Crippen LogP contribution in [0.15, 0.2) is 6.07 Å². The van der Waals surface area contributed by atoms with E-state index in [-0.39, 0.29) is 35.7 Å². The topological polar surface area (TPSA) is 92.3 Å². The predicted molar refractivity (Wildman–Crippen MR) is 92.5 cm³/mol. The molecule has 2 amide bonds. The van der Waals surface area contributed by atoms with Crippen molar-refractivity contribution in [2.24, 2.45) is 11.8 Å². The maximum absolute atomic E-state index is 12.2. The first-order valence-electron chi connectivity index (χ1n) is 8.23. The molecule has 0 unspecified atom stereocenters. The first-order chi connectivity index (χ1) is 11.3. The number of rotatable bonds is 3. The quantitative estimate of drug-likeness (QED) is 0.788. The SMILES string of the molecule is C[C@@H]1CCc2sc(C(=O)NNC(=O)C[C@H]3CCS(=O)(=O)C3)cc2C1. The monoisotopic (exact) mass is 370 g/mol. The van der Waals surface area contributed by atoms with Crippen molar-refractivity contribution < 1.29 is 18.0 Å². The Bertz CT molecular complexity index is 754. The van der Waals surface area contributed by atoms with E-state index in [4.69, 9.17) is 0 Å². The Hall–Kier alpha value is -1.41. The molecule has 2 heterocycles. The number of amides is 2. The molecular weight excluding hydrogens is 348 g/mol. The van der Waals surface area contributed by atoms with Crippen molar-refractivity contribution in [2.45, 2.75) is 39.0 Å². The highest BCUT2D eigenvalue weighted by molar-refractivity contribution is 7.91. The fraction of sp³-hybridized carbons (Fsp3) is 0.625. The molecule has 0 saturated carbocycles. The molecule has 2 N–H and O–H groups in total. The van der Waals surface area contributed by atoms with Crippen molar-refractivity contribution in [3.63, 3.8) is 0 Å². The molecule has 0 aromatic carbocycles. The molecule has 2 aliphatic rings. The number of hydrazine groups is 1. The normalized spacial score (nSPS) is 25.0. The molecule has 24 heavy (non-hydrogen) atoms. The van der Waals surface area contributed by atoms with Gasteiger partial charge in [-0.05, 0) is 49.1 Å². The molecule has 1 aliphatic carbocycles.